The molecule has 4 aromatic rings. The van der Waals surface area contributed by atoms with Crippen LogP contribution in [0.3, 0.4) is 0 Å². The molecule has 1 aliphatic rings. The van der Waals surface area contributed by atoms with Gasteiger partial charge in [-0.3, -0.25) is 0 Å². The van der Waals surface area contributed by atoms with Gasteiger partial charge < -0.3 is 22.7 Å². The van der Waals surface area contributed by atoms with E-state index < -0.39 is 0 Å². The number of furan rings is 2. The van der Waals surface area contributed by atoms with Crippen molar-refractivity contribution < 1.29 is 18.1 Å². The van der Waals surface area contributed by atoms with Gasteiger partial charge in [-0.15, -0.1) is 0 Å². The summed E-state index contributed by atoms with van der Waals surface area (Å²) in [4.78, 5) is 8.79. The number of aromatic nitrogens is 4. The van der Waals surface area contributed by atoms with Crippen molar-refractivity contribution >= 4 is 0 Å². The first kappa shape index (κ1) is 16.1. The van der Waals surface area contributed by atoms with Crippen LogP contribution in [0.4, 0.5) is 0 Å². The Hall–Kier alpha value is -3.13. The summed E-state index contributed by atoms with van der Waals surface area (Å²) >= 11 is 0. The number of rotatable bonds is 5. The second-order valence-corrected chi connectivity index (χ2v) is 6.43. The molecule has 1 aliphatic heterocycles. The molecule has 4 aromatic heterocycles. The summed E-state index contributed by atoms with van der Waals surface area (Å²) in [6.45, 7) is 1.20. The predicted molar refractivity (Wildman–Crippen MR) is 93.6 cm³/mol. The Morgan fingerprint density at radius 1 is 1.15 bits per heavy atom. The van der Waals surface area contributed by atoms with E-state index in [0.717, 1.165) is 31.6 Å². The molecule has 0 unspecified atom stereocenters. The summed E-state index contributed by atoms with van der Waals surface area (Å²) in [5.74, 6) is 3.68. The molecule has 0 aliphatic carbocycles. The van der Waals surface area contributed by atoms with Crippen molar-refractivity contribution in [3.8, 4) is 23.2 Å². The Labute approximate surface area is 154 Å². The lowest BCUT2D eigenvalue weighted by Crippen LogP contribution is -2.10. The molecule has 0 aromatic carbocycles. The van der Waals surface area contributed by atoms with E-state index in [4.69, 9.17) is 18.1 Å². The van der Waals surface area contributed by atoms with Gasteiger partial charge in [0, 0.05) is 19.0 Å². The van der Waals surface area contributed by atoms with Crippen molar-refractivity contribution in [3.05, 3.63) is 54.5 Å². The minimum atomic E-state index is 0.0315. The van der Waals surface area contributed by atoms with Gasteiger partial charge in [-0.05, 0) is 43.5 Å². The third-order valence-electron chi connectivity index (χ3n) is 4.57. The van der Waals surface area contributed by atoms with Crippen LogP contribution in [0, 0.1) is 0 Å². The average Bonchev–Trinajstić information content (AvgIpc) is 3.48. The molecule has 0 saturated carbocycles. The summed E-state index contributed by atoms with van der Waals surface area (Å²) in [5, 5.41) is 4.02. The number of hydrogen-bond acceptors (Lipinski definition) is 7. The number of imidazole rings is 1. The molecule has 5 rings (SSSR count). The number of ether oxygens (including phenoxy) is 1. The molecule has 1 fully saturated rings. The van der Waals surface area contributed by atoms with Crippen LogP contribution in [0.15, 0.2) is 56.3 Å². The van der Waals surface area contributed by atoms with Crippen LogP contribution in [0.5, 0.6) is 0 Å². The molecule has 138 valence electrons. The summed E-state index contributed by atoms with van der Waals surface area (Å²) in [7, 11) is 0. The smallest absolute Gasteiger partial charge is 0.293 e. The average molecular weight is 366 g/mol. The predicted octanol–water partition coefficient (Wildman–Crippen LogP) is 4.08. The maximum absolute atomic E-state index is 6.02. The molecule has 8 nitrogen and oxygen atoms in total. The van der Waals surface area contributed by atoms with E-state index in [1.165, 1.54) is 0 Å². The number of hydrogen-bond donors (Lipinski definition) is 0. The fourth-order valence-electron chi connectivity index (χ4n) is 3.24. The normalized spacial score (nSPS) is 17.4. The van der Waals surface area contributed by atoms with Crippen LogP contribution in [-0.4, -0.2) is 26.3 Å². The lowest BCUT2D eigenvalue weighted by molar-refractivity contribution is 0.00218. The minimum Gasteiger partial charge on any atom is -0.459 e. The monoisotopic (exact) mass is 366 g/mol. The first-order valence-electron chi connectivity index (χ1n) is 8.96. The second-order valence-electron chi connectivity index (χ2n) is 6.43. The first-order chi connectivity index (χ1) is 13.4. The van der Waals surface area contributed by atoms with Crippen molar-refractivity contribution in [1.29, 1.82) is 0 Å². The molecule has 0 spiro atoms. The van der Waals surface area contributed by atoms with Gasteiger partial charge in [0.25, 0.3) is 5.89 Å². The molecular formula is C19H18N4O4. The van der Waals surface area contributed by atoms with Crippen molar-refractivity contribution in [3.63, 3.8) is 0 Å². The number of nitrogens with zero attached hydrogens (tertiary/aromatic N) is 4. The molecule has 8 heteroatoms. The molecule has 1 saturated heterocycles. The van der Waals surface area contributed by atoms with E-state index in [1.807, 2.05) is 22.9 Å². The first-order valence-corrected chi connectivity index (χ1v) is 8.96. The zero-order chi connectivity index (χ0) is 18.1. The van der Waals surface area contributed by atoms with Gasteiger partial charge in [-0.25, -0.2) is 4.98 Å². The van der Waals surface area contributed by atoms with Gasteiger partial charge in [0.15, 0.2) is 23.2 Å². The molecule has 0 N–H and O–H groups in total. The van der Waals surface area contributed by atoms with Gasteiger partial charge in [0.1, 0.15) is 11.9 Å². The van der Waals surface area contributed by atoms with Crippen LogP contribution >= 0.6 is 0 Å². The molecule has 27 heavy (non-hydrogen) atoms. The fraction of sp³-hybridized carbons (Fsp3) is 0.316. The molecule has 0 amide bonds. The van der Waals surface area contributed by atoms with Crippen LogP contribution in [0.1, 0.15) is 37.0 Å². The lowest BCUT2D eigenvalue weighted by Gasteiger charge is -2.20. The summed E-state index contributed by atoms with van der Waals surface area (Å²) in [6.07, 6.45) is 8.44. The molecule has 0 bridgehead atoms. The zero-order valence-corrected chi connectivity index (χ0v) is 14.6. The lowest BCUT2D eigenvalue weighted by atomic mass is 10.1. The van der Waals surface area contributed by atoms with Crippen molar-refractivity contribution in [2.75, 3.05) is 6.61 Å². The Kier molecular flexibility index (Phi) is 4.10. The largest absolute Gasteiger partial charge is 0.459 e. The van der Waals surface area contributed by atoms with Crippen molar-refractivity contribution in [2.45, 2.75) is 31.9 Å². The van der Waals surface area contributed by atoms with Crippen molar-refractivity contribution in [2.24, 2.45) is 0 Å². The Morgan fingerprint density at radius 2 is 2.15 bits per heavy atom. The summed E-state index contributed by atoms with van der Waals surface area (Å²) in [5.41, 5.74) is 0. The van der Waals surface area contributed by atoms with E-state index in [2.05, 4.69) is 15.1 Å². The summed E-state index contributed by atoms with van der Waals surface area (Å²) < 4.78 is 24.3. The molecular weight excluding hydrogens is 348 g/mol. The van der Waals surface area contributed by atoms with Gasteiger partial charge in [-0.2, -0.15) is 4.98 Å². The van der Waals surface area contributed by atoms with E-state index >= 15 is 0 Å². The van der Waals surface area contributed by atoms with Crippen LogP contribution in [-0.2, 0) is 11.3 Å². The quantitative estimate of drug-likeness (QED) is 0.525. The zero-order valence-electron chi connectivity index (χ0n) is 14.6. The van der Waals surface area contributed by atoms with Crippen LogP contribution < -0.4 is 0 Å². The maximum atomic E-state index is 6.02. The van der Waals surface area contributed by atoms with Gasteiger partial charge >= 0.3 is 0 Å². The summed E-state index contributed by atoms with van der Waals surface area (Å²) in [6, 6.07) is 7.44. The van der Waals surface area contributed by atoms with E-state index in [9.17, 15) is 0 Å². The van der Waals surface area contributed by atoms with Crippen LogP contribution in [0.25, 0.3) is 23.2 Å². The van der Waals surface area contributed by atoms with E-state index in [1.54, 1.807) is 24.6 Å². The highest BCUT2D eigenvalue weighted by Gasteiger charge is 2.21. The SMILES string of the molecule is c1coc(-c2nc(Cn3ccnc3-c3ccc([C@@H]4CCCCO4)o3)no2)c1. The van der Waals surface area contributed by atoms with Crippen molar-refractivity contribution in [1.82, 2.24) is 19.7 Å². The third-order valence-corrected chi connectivity index (χ3v) is 4.57. The standard InChI is InChI=1S/C19H18N4O4/c1-2-10-24-13(4-1)14-6-7-15(26-14)18-20-8-9-23(18)12-17-21-19(27-22-17)16-5-3-11-25-16/h3,5-9,11,13H,1-2,4,10,12H2/t13-/m0/s1. The Morgan fingerprint density at radius 3 is 3.00 bits per heavy atom. The van der Waals surface area contributed by atoms with Gasteiger partial charge in [0.2, 0.25) is 0 Å². The highest BCUT2D eigenvalue weighted by atomic mass is 16.5. The Bertz CT molecular complexity index is 1010. The highest BCUT2D eigenvalue weighted by Crippen LogP contribution is 2.31. The maximum Gasteiger partial charge on any atom is 0.293 e. The van der Waals surface area contributed by atoms with Gasteiger partial charge in [-0.1, -0.05) is 5.16 Å². The fourth-order valence-corrected chi connectivity index (χ4v) is 3.24. The second kappa shape index (κ2) is 6.88. The molecule has 1 atom stereocenters. The van der Waals surface area contributed by atoms with Gasteiger partial charge in [0.05, 0.1) is 12.8 Å². The topological polar surface area (TPSA) is 92.2 Å². The Balaban J connectivity index is 1.36. The van der Waals surface area contributed by atoms with E-state index in [0.29, 0.717) is 35.6 Å². The molecule has 5 heterocycles. The third kappa shape index (κ3) is 3.19. The molecule has 0 radical (unpaired) electrons. The minimum absolute atomic E-state index is 0.0315. The highest BCUT2D eigenvalue weighted by molar-refractivity contribution is 5.48. The van der Waals surface area contributed by atoms with Crippen LogP contribution in [0.2, 0.25) is 0 Å². The van der Waals surface area contributed by atoms with E-state index in [-0.39, 0.29) is 6.10 Å².